The summed E-state index contributed by atoms with van der Waals surface area (Å²) in [5.74, 6) is -1.16. The first-order valence-corrected chi connectivity index (χ1v) is 5.90. The maximum absolute atomic E-state index is 11.2. The normalized spacial score (nSPS) is 12.6. The largest absolute Gasteiger partial charge is 0.476 e. The molecule has 2 rings (SSSR count). The van der Waals surface area contributed by atoms with E-state index in [0.29, 0.717) is 17.8 Å². The van der Waals surface area contributed by atoms with Crippen molar-refractivity contribution in [1.82, 2.24) is 24.8 Å². The SMILES string of the molecule is CCn1cc(-c2c(C(=O)O)nnn2CC(C)O)cn1. The zero-order valence-corrected chi connectivity index (χ0v) is 10.7. The molecule has 0 amide bonds. The summed E-state index contributed by atoms with van der Waals surface area (Å²) in [5.41, 5.74) is 0.828. The van der Waals surface area contributed by atoms with Gasteiger partial charge in [0.15, 0.2) is 5.69 Å². The molecule has 8 heteroatoms. The van der Waals surface area contributed by atoms with Crippen molar-refractivity contribution in [2.24, 2.45) is 0 Å². The fourth-order valence-electron chi connectivity index (χ4n) is 1.78. The Kier molecular flexibility index (Phi) is 3.61. The zero-order chi connectivity index (χ0) is 14.0. The highest BCUT2D eigenvalue weighted by molar-refractivity contribution is 5.92. The van der Waals surface area contributed by atoms with Crippen LogP contribution in [0.2, 0.25) is 0 Å². The molecule has 0 aromatic carbocycles. The Morgan fingerprint density at radius 3 is 2.79 bits per heavy atom. The Bertz CT molecular complexity index is 587. The van der Waals surface area contributed by atoms with Gasteiger partial charge in [0.05, 0.1) is 18.8 Å². The first-order valence-electron chi connectivity index (χ1n) is 5.90. The van der Waals surface area contributed by atoms with Crippen molar-refractivity contribution in [2.45, 2.75) is 33.0 Å². The minimum atomic E-state index is -1.16. The van der Waals surface area contributed by atoms with Crippen molar-refractivity contribution >= 4 is 5.97 Å². The molecule has 2 heterocycles. The van der Waals surface area contributed by atoms with Crippen LogP contribution in [0.25, 0.3) is 11.3 Å². The summed E-state index contributed by atoms with van der Waals surface area (Å²) in [6, 6.07) is 0. The van der Waals surface area contributed by atoms with Crippen molar-refractivity contribution in [1.29, 1.82) is 0 Å². The third-order valence-electron chi connectivity index (χ3n) is 2.61. The minimum absolute atomic E-state index is 0.142. The van der Waals surface area contributed by atoms with Gasteiger partial charge in [0, 0.05) is 18.3 Å². The highest BCUT2D eigenvalue weighted by atomic mass is 16.4. The van der Waals surface area contributed by atoms with E-state index in [-0.39, 0.29) is 12.2 Å². The molecule has 2 N–H and O–H groups in total. The van der Waals surface area contributed by atoms with Gasteiger partial charge in [0.2, 0.25) is 0 Å². The molecule has 0 aliphatic heterocycles. The molecule has 0 bridgehead atoms. The van der Waals surface area contributed by atoms with Crippen LogP contribution in [0.4, 0.5) is 0 Å². The Balaban J connectivity index is 2.50. The molecule has 0 saturated heterocycles. The van der Waals surface area contributed by atoms with Crippen molar-refractivity contribution in [3.05, 3.63) is 18.1 Å². The molecule has 0 aliphatic carbocycles. The molecule has 1 atom stereocenters. The molecule has 2 aromatic heterocycles. The van der Waals surface area contributed by atoms with E-state index in [1.54, 1.807) is 24.0 Å². The van der Waals surface area contributed by atoms with Crippen molar-refractivity contribution < 1.29 is 15.0 Å². The van der Waals surface area contributed by atoms with Crippen LogP contribution in [-0.4, -0.2) is 47.1 Å². The Morgan fingerprint density at radius 2 is 2.26 bits per heavy atom. The van der Waals surface area contributed by atoms with Gasteiger partial charge in [-0.25, -0.2) is 9.48 Å². The lowest BCUT2D eigenvalue weighted by molar-refractivity contribution is 0.0691. The number of nitrogens with zero attached hydrogens (tertiary/aromatic N) is 5. The molecule has 0 fully saturated rings. The Labute approximate surface area is 109 Å². The number of hydrogen-bond acceptors (Lipinski definition) is 5. The fourth-order valence-corrected chi connectivity index (χ4v) is 1.78. The summed E-state index contributed by atoms with van der Waals surface area (Å²) in [4.78, 5) is 11.2. The van der Waals surface area contributed by atoms with Crippen molar-refractivity contribution in [3.8, 4) is 11.3 Å². The molecule has 1 unspecified atom stereocenters. The molecular weight excluding hydrogens is 250 g/mol. The van der Waals surface area contributed by atoms with E-state index in [2.05, 4.69) is 15.4 Å². The first kappa shape index (κ1) is 13.2. The lowest BCUT2D eigenvalue weighted by Gasteiger charge is -2.07. The van der Waals surface area contributed by atoms with Gasteiger partial charge in [0.25, 0.3) is 0 Å². The van der Waals surface area contributed by atoms with Crippen LogP contribution in [0, 0.1) is 0 Å². The van der Waals surface area contributed by atoms with Gasteiger partial charge < -0.3 is 10.2 Å². The van der Waals surface area contributed by atoms with Gasteiger partial charge in [0.1, 0.15) is 5.69 Å². The molecule has 0 saturated carbocycles. The molecule has 19 heavy (non-hydrogen) atoms. The smallest absolute Gasteiger partial charge is 0.358 e. The van der Waals surface area contributed by atoms with E-state index < -0.39 is 12.1 Å². The quantitative estimate of drug-likeness (QED) is 0.802. The van der Waals surface area contributed by atoms with Gasteiger partial charge in [-0.1, -0.05) is 5.21 Å². The predicted octanol–water partition coefficient (Wildman–Crippen LogP) is 0.240. The number of carboxylic acid groups (broad SMARTS) is 1. The number of carboxylic acids is 1. The van der Waals surface area contributed by atoms with Gasteiger partial charge in [-0.05, 0) is 13.8 Å². The highest BCUT2D eigenvalue weighted by Gasteiger charge is 2.22. The summed E-state index contributed by atoms with van der Waals surface area (Å²) in [6.07, 6.45) is 2.64. The van der Waals surface area contributed by atoms with Crippen LogP contribution in [0.5, 0.6) is 0 Å². The van der Waals surface area contributed by atoms with Crippen LogP contribution in [0.15, 0.2) is 12.4 Å². The van der Waals surface area contributed by atoms with E-state index >= 15 is 0 Å². The number of aromatic carboxylic acids is 1. The number of aryl methyl sites for hydroxylation is 1. The fraction of sp³-hybridized carbons (Fsp3) is 0.455. The maximum Gasteiger partial charge on any atom is 0.358 e. The number of aromatic nitrogens is 5. The van der Waals surface area contributed by atoms with Crippen LogP contribution in [0.1, 0.15) is 24.3 Å². The van der Waals surface area contributed by atoms with E-state index in [4.69, 9.17) is 5.11 Å². The van der Waals surface area contributed by atoms with Crippen LogP contribution >= 0.6 is 0 Å². The second-order valence-corrected chi connectivity index (χ2v) is 4.21. The molecule has 0 radical (unpaired) electrons. The van der Waals surface area contributed by atoms with E-state index in [0.717, 1.165) is 0 Å². The highest BCUT2D eigenvalue weighted by Crippen LogP contribution is 2.22. The van der Waals surface area contributed by atoms with Gasteiger partial charge in [-0.3, -0.25) is 4.68 Å². The van der Waals surface area contributed by atoms with Crippen LogP contribution in [-0.2, 0) is 13.1 Å². The van der Waals surface area contributed by atoms with Crippen LogP contribution < -0.4 is 0 Å². The standard InChI is InChI=1S/C11H15N5O3/c1-3-15-6-8(4-12-15)10-9(11(18)19)13-14-16(10)5-7(2)17/h4,6-7,17H,3,5H2,1-2H3,(H,18,19). The Hall–Kier alpha value is -2.22. The van der Waals surface area contributed by atoms with E-state index in [1.165, 1.54) is 4.68 Å². The Morgan fingerprint density at radius 1 is 1.53 bits per heavy atom. The second kappa shape index (κ2) is 5.19. The summed E-state index contributed by atoms with van der Waals surface area (Å²) in [6.45, 7) is 4.38. The molecule has 0 aliphatic rings. The van der Waals surface area contributed by atoms with Crippen molar-refractivity contribution in [3.63, 3.8) is 0 Å². The number of aliphatic hydroxyl groups is 1. The second-order valence-electron chi connectivity index (χ2n) is 4.21. The topological polar surface area (TPSA) is 106 Å². The van der Waals surface area contributed by atoms with Gasteiger partial charge in [-0.2, -0.15) is 5.10 Å². The summed E-state index contributed by atoms with van der Waals surface area (Å²) < 4.78 is 3.06. The van der Waals surface area contributed by atoms with Crippen molar-refractivity contribution in [2.75, 3.05) is 0 Å². The number of carbonyl (C=O) groups is 1. The summed E-state index contributed by atoms with van der Waals surface area (Å²) >= 11 is 0. The average molecular weight is 265 g/mol. The third kappa shape index (κ3) is 2.63. The number of hydrogen-bond donors (Lipinski definition) is 2. The summed E-state index contributed by atoms with van der Waals surface area (Å²) in [7, 11) is 0. The summed E-state index contributed by atoms with van der Waals surface area (Å²) in [5, 5.41) is 30.1. The minimum Gasteiger partial charge on any atom is -0.476 e. The zero-order valence-electron chi connectivity index (χ0n) is 10.7. The average Bonchev–Trinajstić information content (AvgIpc) is 2.93. The molecule has 8 nitrogen and oxygen atoms in total. The first-order chi connectivity index (χ1) is 9.02. The van der Waals surface area contributed by atoms with Gasteiger partial charge >= 0.3 is 5.97 Å². The van der Waals surface area contributed by atoms with E-state index in [1.807, 2.05) is 6.92 Å². The lowest BCUT2D eigenvalue weighted by Crippen LogP contribution is -2.14. The number of aliphatic hydroxyl groups excluding tert-OH is 1. The predicted molar refractivity (Wildman–Crippen MR) is 65.6 cm³/mol. The monoisotopic (exact) mass is 265 g/mol. The maximum atomic E-state index is 11.2. The van der Waals surface area contributed by atoms with Gasteiger partial charge in [-0.15, -0.1) is 5.10 Å². The van der Waals surface area contributed by atoms with E-state index in [9.17, 15) is 9.90 Å². The number of rotatable bonds is 5. The molecule has 2 aromatic rings. The molecular formula is C11H15N5O3. The molecule has 0 spiro atoms. The van der Waals surface area contributed by atoms with Crippen LogP contribution in [0.3, 0.4) is 0 Å². The molecule has 102 valence electrons. The lowest BCUT2D eigenvalue weighted by atomic mass is 10.2. The third-order valence-corrected chi connectivity index (χ3v) is 2.61.